The Morgan fingerprint density at radius 3 is 2.57 bits per heavy atom. The van der Waals surface area contributed by atoms with E-state index in [0.29, 0.717) is 11.4 Å². The molecule has 0 bridgehead atoms. The first-order valence-electron chi connectivity index (χ1n) is 10.4. The van der Waals surface area contributed by atoms with Crippen LogP contribution < -0.4 is 17.0 Å². The molecule has 35 heavy (non-hydrogen) atoms. The van der Waals surface area contributed by atoms with Crippen molar-refractivity contribution in [1.29, 1.82) is 0 Å². The molecule has 1 aromatic carbocycles. The van der Waals surface area contributed by atoms with Crippen molar-refractivity contribution in [1.82, 2.24) is 14.1 Å². The lowest BCUT2D eigenvalue weighted by atomic mass is 10.0. The summed E-state index contributed by atoms with van der Waals surface area (Å²) in [5, 5.41) is 20.6. The summed E-state index contributed by atoms with van der Waals surface area (Å²) in [6, 6.07) is 11.7. The normalized spacial score (nSPS) is 22.4. The van der Waals surface area contributed by atoms with Gasteiger partial charge in [0.15, 0.2) is 6.23 Å². The highest BCUT2D eigenvalue weighted by atomic mass is 31.2. The standard InChI is InChI=1S/C21H23N4O9P/c22-15-4-2-1-3-14(15)12-5-7-23-13(9-12)10-25-17(26)6-8-24(21(25)29)20-19(28)18(27)16(34-20)11-33-35(30,31)32/h1-9,16,18-20,27-28H,10-11,22H2,(H2,30,31,32)/t16-,18+,19?,20-/m1/s1. The number of aliphatic hydroxyl groups excluding tert-OH is 2. The van der Waals surface area contributed by atoms with Crippen LogP contribution in [0.3, 0.4) is 0 Å². The van der Waals surface area contributed by atoms with Crippen molar-refractivity contribution in [2.24, 2.45) is 0 Å². The molecular formula is C21H23N4O9P. The minimum absolute atomic E-state index is 0.199. The molecule has 1 saturated heterocycles. The summed E-state index contributed by atoms with van der Waals surface area (Å²) in [4.78, 5) is 47.5. The van der Waals surface area contributed by atoms with Gasteiger partial charge in [0.1, 0.15) is 18.3 Å². The smallest absolute Gasteiger partial charge is 0.398 e. The zero-order valence-electron chi connectivity index (χ0n) is 18.1. The molecule has 4 rings (SSSR count). The molecule has 3 heterocycles. The van der Waals surface area contributed by atoms with Crippen molar-refractivity contribution in [2.45, 2.75) is 31.1 Å². The number of pyridine rings is 1. The van der Waals surface area contributed by atoms with E-state index in [1.165, 1.54) is 6.20 Å². The third-order valence-corrected chi connectivity index (χ3v) is 6.01. The highest BCUT2D eigenvalue weighted by Crippen LogP contribution is 2.38. The Morgan fingerprint density at radius 2 is 1.86 bits per heavy atom. The highest BCUT2D eigenvalue weighted by Gasteiger charge is 2.45. The first-order chi connectivity index (χ1) is 16.5. The summed E-state index contributed by atoms with van der Waals surface area (Å²) in [6.45, 7) is -0.929. The molecule has 4 atom stereocenters. The van der Waals surface area contributed by atoms with Gasteiger partial charge in [-0.3, -0.25) is 23.4 Å². The average Bonchev–Trinajstić information content (AvgIpc) is 3.09. The third kappa shape index (κ3) is 5.41. The number of aromatic nitrogens is 3. The fourth-order valence-corrected chi connectivity index (χ4v) is 4.13. The second kappa shape index (κ2) is 9.84. The maximum Gasteiger partial charge on any atom is 0.469 e. The van der Waals surface area contributed by atoms with E-state index in [1.807, 2.05) is 12.1 Å². The van der Waals surface area contributed by atoms with Crippen LogP contribution in [0.4, 0.5) is 5.69 Å². The van der Waals surface area contributed by atoms with Crippen molar-refractivity contribution in [3.05, 3.63) is 81.4 Å². The van der Waals surface area contributed by atoms with Crippen LogP contribution in [0.5, 0.6) is 0 Å². The summed E-state index contributed by atoms with van der Waals surface area (Å²) in [6.07, 6.45) is -3.37. The van der Waals surface area contributed by atoms with Gasteiger partial charge in [-0.1, -0.05) is 18.2 Å². The Hall–Kier alpha value is -3.16. The van der Waals surface area contributed by atoms with Gasteiger partial charge in [0.25, 0.3) is 5.56 Å². The van der Waals surface area contributed by atoms with E-state index in [9.17, 15) is 24.4 Å². The number of nitrogens with two attached hydrogens (primary N) is 1. The predicted octanol–water partition coefficient (Wildman–Crippen LogP) is -0.569. The zero-order valence-corrected chi connectivity index (χ0v) is 19.0. The number of nitrogen functional groups attached to an aromatic ring is 1. The Bertz CT molecular complexity index is 1390. The summed E-state index contributed by atoms with van der Waals surface area (Å²) in [7, 11) is -4.85. The van der Waals surface area contributed by atoms with Crippen LogP contribution in [0.1, 0.15) is 11.9 Å². The summed E-state index contributed by atoms with van der Waals surface area (Å²) in [5.41, 5.74) is 6.99. The van der Waals surface area contributed by atoms with Gasteiger partial charge in [-0.05, 0) is 23.8 Å². The van der Waals surface area contributed by atoms with Crippen LogP contribution in [0.2, 0.25) is 0 Å². The van der Waals surface area contributed by atoms with Gasteiger partial charge in [-0.25, -0.2) is 9.36 Å². The van der Waals surface area contributed by atoms with E-state index in [-0.39, 0.29) is 6.54 Å². The van der Waals surface area contributed by atoms with Crippen LogP contribution in [0.15, 0.2) is 64.4 Å². The molecule has 0 radical (unpaired) electrons. The average molecular weight is 506 g/mol. The second-order valence-electron chi connectivity index (χ2n) is 7.89. The van der Waals surface area contributed by atoms with Gasteiger partial charge in [0, 0.05) is 29.7 Å². The number of benzene rings is 1. The lowest BCUT2D eigenvalue weighted by Crippen LogP contribution is -2.43. The van der Waals surface area contributed by atoms with E-state index in [0.717, 1.165) is 32.5 Å². The zero-order chi connectivity index (χ0) is 25.3. The molecule has 0 saturated carbocycles. The van der Waals surface area contributed by atoms with Gasteiger partial charge >= 0.3 is 13.5 Å². The van der Waals surface area contributed by atoms with Crippen molar-refractivity contribution < 1.29 is 33.8 Å². The predicted molar refractivity (Wildman–Crippen MR) is 122 cm³/mol. The maximum absolute atomic E-state index is 13.1. The monoisotopic (exact) mass is 506 g/mol. The van der Waals surface area contributed by atoms with Gasteiger partial charge < -0.3 is 30.5 Å². The van der Waals surface area contributed by atoms with Gasteiger partial charge in [-0.15, -0.1) is 0 Å². The van der Waals surface area contributed by atoms with Crippen LogP contribution in [-0.4, -0.2) is 59.0 Å². The number of rotatable bonds is 7. The number of para-hydroxylation sites is 1. The van der Waals surface area contributed by atoms with E-state index < -0.39 is 50.2 Å². The minimum Gasteiger partial charge on any atom is -0.398 e. The lowest BCUT2D eigenvalue weighted by Gasteiger charge is -2.19. The molecule has 0 spiro atoms. The number of phosphoric acid groups is 1. The van der Waals surface area contributed by atoms with E-state index in [2.05, 4.69) is 9.51 Å². The number of hydrogen-bond acceptors (Lipinski definition) is 9. The number of phosphoric ester groups is 1. The highest BCUT2D eigenvalue weighted by molar-refractivity contribution is 7.46. The molecular weight excluding hydrogens is 483 g/mol. The van der Waals surface area contributed by atoms with Gasteiger partial charge in [0.05, 0.1) is 18.8 Å². The molecule has 14 heteroatoms. The Labute approximate surface area is 197 Å². The van der Waals surface area contributed by atoms with E-state index >= 15 is 0 Å². The molecule has 0 aliphatic carbocycles. The number of ether oxygens (including phenoxy) is 1. The number of hydrogen-bond donors (Lipinski definition) is 5. The topological polar surface area (TPSA) is 199 Å². The SMILES string of the molecule is Nc1ccccc1-c1ccnc(Cn2c(=O)ccn([C@@H]3O[C@H](COP(=O)(O)O)[C@H](O)C3O)c2=O)c1. The molecule has 6 N–H and O–H groups in total. The van der Waals surface area contributed by atoms with Crippen molar-refractivity contribution >= 4 is 13.5 Å². The Morgan fingerprint density at radius 1 is 1.11 bits per heavy atom. The molecule has 1 unspecified atom stereocenters. The first kappa shape index (κ1) is 24.9. The molecule has 3 aromatic rings. The Balaban J connectivity index is 1.62. The van der Waals surface area contributed by atoms with Gasteiger partial charge in [-0.2, -0.15) is 0 Å². The Kier molecular flexibility index (Phi) is 7.01. The molecule has 2 aromatic heterocycles. The van der Waals surface area contributed by atoms with Crippen LogP contribution in [0, 0.1) is 0 Å². The van der Waals surface area contributed by atoms with E-state index in [1.54, 1.807) is 24.3 Å². The summed E-state index contributed by atoms with van der Waals surface area (Å²) in [5.74, 6) is 0. The van der Waals surface area contributed by atoms with E-state index in [4.69, 9.17) is 20.3 Å². The van der Waals surface area contributed by atoms with Crippen molar-refractivity contribution in [3.63, 3.8) is 0 Å². The fraction of sp³-hybridized carbons (Fsp3) is 0.286. The van der Waals surface area contributed by atoms with Crippen molar-refractivity contribution in [2.75, 3.05) is 12.3 Å². The number of aliphatic hydroxyl groups is 2. The summed E-state index contributed by atoms with van der Waals surface area (Å²) >= 11 is 0. The molecule has 1 aliphatic rings. The minimum atomic E-state index is -4.85. The molecule has 186 valence electrons. The largest absolute Gasteiger partial charge is 0.469 e. The summed E-state index contributed by atoms with van der Waals surface area (Å²) < 4.78 is 22.5. The van der Waals surface area contributed by atoms with Gasteiger partial charge in [0.2, 0.25) is 0 Å². The van der Waals surface area contributed by atoms with Crippen LogP contribution >= 0.6 is 7.82 Å². The fourth-order valence-electron chi connectivity index (χ4n) is 3.79. The third-order valence-electron chi connectivity index (χ3n) is 5.52. The van der Waals surface area contributed by atoms with Crippen LogP contribution in [0.25, 0.3) is 11.1 Å². The molecule has 0 amide bonds. The number of anilines is 1. The first-order valence-corrected chi connectivity index (χ1v) is 11.9. The lowest BCUT2D eigenvalue weighted by molar-refractivity contribution is -0.0548. The quantitative estimate of drug-likeness (QED) is 0.203. The van der Waals surface area contributed by atoms with Crippen molar-refractivity contribution in [3.8, 4) is 11.1 Å². The molecule has 13 nitrogen and oxygen atoms in total. The number of nitrogens with zero attached hydrogens (tertiary/aromatic N) is 3. The molecule has 1 fully saturated rings. The molecule has 1 aliphatic heterocycles. The second-order valence-corrected chi connectivity index (χ2v) is 9.13. The van der Waals surface area contributed by atoms with Crippen LogP contribution in [-0.2, 0) is 20.4 Å². The maximum atomic E-state index is 13.1.